The maximum absolute atomic E-state index is 6.00. The molecule has 0 aromatic heterocycles. The fourth-order valence-corrected chi connectivity index (χ4v) is 2.33. The van der Waals surface area contributed by atoms with Crippen molar-refractivity contribution in [3.8, 4) is 11.5 Å². The van der Waals surface area contributed by atoms with Crippen LogP contribution in [0.25, 0.3) is 0 Å². The highest BCUT2D eigenvalue weighted by molar-refractivity contribution is 7.80. The first kappa shape index (κ1) is 16.4. The van der Waals surface area contributed by atoms with E-state index in [1.165, 1.54) is 0 Å². The largest absolute Gasteiger partial charge is 0.493 e. The number of anilines is 2. The van der Waals surface area contributed by atoms with Crippen molar-refractivity contribution in [2.75, 3.05) is 24.9 Å². The molecule has 0 aliphatic rings. The van der Waals surface area contributed by atoms with E-state index in [1.807, 2.05) is 43.3 Å². The Bertz CT molecular complexity index is 692. The summed E-state index contributed by atoms with van der Waals surface area (Å²) in [5, 5.41) is 7.36. The molecule has 0 saturated carbocycles. The second-order valence-electron chi connectivity index (χ2n) is 4.61. The molecule has 2 rings (SSSR count). The van der Waals surface area contributed by atoms with Gasteiger partial charge >= 0.3 is 0 Å². The summed E-state index contributed by atoms with van der Waals surface area (Å²) in [6, 6.07) is 11.1. The van der Waals surface area contributed by atoms with E-state index in [2.05, 4.69) is 10.6 Å². The highest BCUT2D eigenvalue weighted by atomic mass is 35.5. The summed E-state index contributed by atoms with van der Waals surface area (Å²) in [6.45, 7) is 1.98. The van der Waals surface area contributed by atoms with Crippen LogP contribution in [0.1, 0.15) is 5.56 Å². The molecule has 0 heterocycles. The number of ether oxygens (including phenoxy) is 2. The average Bonchev–Trinajstić information content (AvgIpc) is 2.50. The van der Waals surface area contributed by atoms with Crippen LogP contribution in [0.2, 0.25) is 5.02 Å². The predicted octanol–water partition coefficient (Wildman–Crippen LogP) is 4.47. The first-order valence-corrected chi connectivity index (χ1v) is 7.38. The van der Waals surface area contributed by atoms with E-state index >= 15 is 0 Å². The SMILES string of the molecule is COc1ccc(NC(=S)Nc2cc(Cl)ccc2C)cc1OC. The third kappa shape index (κ3) is 4.02. The molecule has 0 saturated heterocycles. The fourth-order valence-electron chi connectivity index (χ4n) is 1.93. The minimum absolute atomic E-state index is 0.470. The molecule has 0 radical (unpaired) electrons. The number of benzene rings is 2. The van der Waals surface area contributed by atoms with E-state index < -0.39 is 0 Å². The van der Waals surface area contributed by atoms with Gasteiger partial charge in [-0.25, -0.2) is 0 Å². The molecule has 0 unspecified atom stereocenters. The highest BCUT2D eigenvalue weighted by Gasteiger charge is 2.07. The molecule has 2 aromatic rings. The van der Waals surface area contributed by atoms with Crippen molar-refractivity contribution in [1.29, 1.82) is 0 Å². The number of halogens is 1. The van der Waals surface area contributed by atoms with Crippen LogP contribution in [0.5, 0.6) is 11.5 Å². The van der Waals surface area contributed by atoms with Crippen LogP contribution in [0.4, 0.5) is 11.4 Å². The van der Waals surface area contributed by atoms with E-state index in [0.29, 0.717) is 21.6 Å². The van der Waals surface area contributed by atoms with E-state index in [4.69, 9.17) is 33.3 Å². The first-order chi connectivity index (χ1) is 10.5. The van der Waals surface area contributed by atoms with Gasteiger partial charge in [-0.1, -0.05) is 17.7 Å². The van der Waals surface area contributed by atoms with Crippen molar-refractivity contribution in [2.24, 2.45) is 0 Å². The smallest absolute Gasteiger partial charge is 0.175 e. The number of nitrogens with one attached hydrogen (secondary N) is 2. The van der Waals surface area contributed by atoms with E-state index in [0.717, 1.165) is 16.9 Å². The maximum Gasteiger partial charge on any atom is 0.175 e. The quantitative estimate of drug-likeness (QED) is 0.806. The topological polar surface area (TPSA) is 42.5 Å². The molecular formula is C16H17ClN2O2S. The molecular weight excluding hydrogens is 320 g/mol. The molecule has 2 aromatic carbocycles. The van der Waals surface area contributed by atoms with Crippen LogP contribution in [-0.4, -0.2) is 19.3 Å². The Hall–Kier alpha value is -1.98. The van der Waals surface area contributed by atoms with Crippen LogP contribution in [0.15, 0.2) is 36.4 Å². The van der Waals surface area contributed by atoms with E-state index in [-0.39, 0.29) is 0 Å². The average molecular weight is 337 g/mol. The van der Waals surface area contributed by atoms with Crippen molar-refractivity contribution in [2.45, 2.75) is 6.92 Å². The van der Waals surface area contributed by atoms with Gasteiger partial charge in [0.1, 0.15) is 0 Å². The lowest BCUT2D eigenvalue weighted by Gasteiger charge is -2.14. The van der Waals surface area contributed by atoms with Crippen molar-refractivity contribution in [1.82, 2.24) is 0 Å². The summed E-state index contributed by atoms with van der Waals surface area (Å²) in [7, 11) is 3.19. The molecule has 22 heavy (non-hydrogen) atoms. The standard InChI is InChI=1S/C16H17ClN2O2S/c1-10-4-5-11(17)8-13(10)19-16(22)18-12-6-7-14(20-2)15(9-12)21-3/h4-9H,1-3H3,(H2,18,19,22). The van der Waals surface area contributed by atoms with Gasteiger partial charge in [0, 0.05) is 22.5 Å². The van der Waals surface area contributed by atoms with E-state index in [1.54, 1.807) is 14.2 Å². The molecule has 0 aliphatic carbocycles. The van der Waals surface area contributed by atoms with Crippen molar-refractivity contribution < 1.29 is 9.47 Å². The Morgan fingerprint density at radius 2 is 1.73 bits per heavy atom. The minimum atomic E-state index is 0.470. The molecule has 0 bridgehead atoms. The highest BCUT2D eigenvalue weighted by Crippen LogP contribution is 2.30. The number of hydrogen-bond donors (Lipinski definition) is 2. The van der Waals surface area contributed by atoms with Gasteiger partial charge in [-0.3, -0.25) is 0 Å². The van der Waals surface area contributed by atoms with Gasteiger partial charge in [0.25, 0.3) is 0 Å². The minimum Gasteiger partial charge on any atom is -0.493 e. The Labute approximate surface area is 140 Å². The molecule has 4 nitrogen and oxygen atoms in total. The molecule has 2 N–H and O–H groups in total. The lowest BCUT2D eigenvalue weighted by Crippen LogP contribution is -2.19. The fraction of sp³-hybridized carbons (Fsp3) is 0.188. The van der Waals surface area contributed by atoms with Gasteiger partial charge < -0.3 is 20.1 Å². The van der Waals surface area contributed by atoms with Gasteiger partial charge in [0.15, 0.2) is 16.6 Å². The van der Waals surface area contributed by atoms with Gasteiger partial charge in [0.2, 0.25) is 0 Å². The summed E-state index contributed by atoms with van der Waals surface area (Å²) in [5.41, 5.74) is 2.72. The zero-order valence-corrected chi connectivity index (χ0v) is 14.1. The van der Waals surface area contributed by atoms with Gasteiger partial charge in [-0.05, 0) is 49.0 Å². The Kier molecular flexibility index (Phi) is 5.46. The Morgan fingerprint density at radius 1 is 1.00 bits per heavy atom. The second kappa shape index (κ2) is 7.33. The monoisotopic (exact) mass is 336 g/mol. The van der Waals surface area contributed by atoms with Gasteiger partial charge in [0.05, 0.1) is 14.2 Å². The van der Waals surface area contributed by atoms with Crippen LogP contribution in [0, 0.1) is 6.92 Å². The lowest BCUT2D eigenvalue weighted by atomic mass is 10.2. The molecule has 0 aliphatic heterocycles. The zero-order chi connectivity index (χ0) is 16.1. The Morgan fingerprint density at radius 3 is 2.41 bits per heavy atom. The summed E-state index contributed by atoms with van der Waals surface area (Å²) in [4.78, 5) is 0. The normalized spacial score (nSPS) is 10.0. The molecule has 0 spiro atoms. The number of aryl methyl sites for hydroxylation is 1. The summed E-state index contributed by atoms with van der Waals surface area (Å²) in [5.74, 6) is 1.30. The van der Waals surface area contributed by atoms with Crippen LogP contribution < -0.4 is 20.1 Å². The summed E-state index contributed by atoms with van der Waals surface area (Å²) in [6.07, 6.45) is 0. The second-order valence-corrected chi connectivity index (χ2v) is 5.45. The van der Waals surface area contributed by atoms with Crippen LogP contribution >= 0.6 is 23.8 Å². The third-order valence-corrected chi connectivity index (χ3v) is 3.53. The van der Waals surface area contributed by atoms with Gasteiger partial charge in [-0.2, -0.15) is 0 Å². The first-order valence-electron chi connectivity index (χ1n) is 6.59. The predicted molar refractivity (Wildman–Crippen MR) is 95.6 cm³/mol. The number of thiocarbonyl (C=S) groups is 1. The number of methoxy groups -OCH3 is 2. The van der Waals surface area contributed by atoms with Crippen molar-refractivity contribution in [3.05, 3.63) is 47.0 Å². The van der Waals surface area contributed by atoms with Gasteiger partial charge in [-0.15, -0.1) is 0 Å². The molecule has 0 fully saturated rings. The van der Waals surface area contributed by atoms with Crippen LogP contribution in [-0.2, 0) is 0 Å². The molecule has 6 heteroatoms. The zero-order valence-electron chi connectivity index (χ0n) is 12.6. The molecule has 116 valence electrons. The lowest BCUT2D eigenvalue weighted by molar-refractivity contribution is 0.355. The number of rotatable bonds is 4. The summed E-state index contributed by atoms with van der Waals surface area (Å²) < 4.78 is 10.5. The Balaban J connectivity index is 2.10. The third-order valence-electron chi connectivity index (χ3n) is 3.09. The molecule has 0 amide bonds. The summed E-state index contributed by atoms with van der Waals surface area (Å²) >= 11 is 11.3. The van der Waals surface area contributed by atoms with Crippen LogP contribution in [0.3, 0.4) is 0 Å². The van der Waals surface area contributed by atoms with Crippen molar-refractivity contribution >= 4 is 40.3 Å². The maximum atomic E-state index is 6.00. The van der Waals surface area contributed by atoms with Crippen molar-refractivity contribution in [3.63, 3.8) is 0 Å². The molecule has 0 atom stereocenters. The van der Waals surface area contributed by atoms with E-state index in [9.17, 15) is 0 Å². The number of hydrogen-bond acceptors (Lipinski definition) is 3.